The molecule has 132 valence electrons. The van der Waals surface area contributed by atoms with Crippen molar-refractivity contribution in [2.75, 3.05) is 25.9 Å². The van der Waals surface area contributed by atoms with E-state index >= 15 is 0 Å². The van der Waals surface area contributed by atoms with Crippen LogP contribution in [0.3, 0.4) is 0 Å². The molecule has 0 saturated heterocycles. The number of carboxylic acid groups (broad SMARTS) is 1. The number of aliphatic carboxylic acids is 1. The van der Waals surface area contributed by atoms with E-state index in [-0.39, 0.29) is 25.5 Å². The van der Waals surface area contributed by atoms with Gasteiger partial charge in [-0.3, -0.25) is 9.59 Å². The van der Waals surface area contributed by atoms with Crippen molar-refractivity contribution in [3.05, 3.63) is 35.9 Å². The first-order valence-electron chi connectivity index (χ1n) is 7.75. The number of hydrogen-bond donors (Lipinski definition) is 2. The third-order valence-electron chi connectivity index (χ3n) is 3.06. The maximum absolute atomic E-state index is 12.2. The van der Waals surface area contributed by atoms with E-state index in [9.17, 15) is 14.2 Å². The van der Waals surface area contributed by atoms with Crippen LogP contribution < -0.4 is 5.32 Å². The van der Waals surface area contributed by atoms with Gasteiger partial charge in [-0.15, -0.1) is 4.52 Å². The summed E-state index contributed by atoms with van der Waals surface area (Å²) in [4.78, 5) is 22.7. The van der Waals surface area contributed by atoms with Crippen molar-refractivity contribution in [3.63, 3.8) is 0 Å². The number of benzene rings is 1. The lowest BCUT2D eigenvalue weighted by atomic mass is 10.1. The Balaban J connectivity index is 2.62. The Morgan fingerprint density at radius 3 is 2.62 bits per heavy atom. The molecule has 0 fully saturated rings. The third-order valence-corrected chi connectivity index (χ3v) is 4.10. The molecule has 0 saturated carbocycles. The predicted molar refractivity (Wildman–Crippen MR) is 89.2 cm³/mol. The van der Waals surface area contributed by atoms with Crippen LogP contribution in [0.2, 0.25) is 0 Å². The molecule has 1 amide bonds. The van der Waals surface area contributed by atoms with Crippen molar-refractivity contribution in [1.29, 1.82) is 0 Å². The van der Waals surface area contributed by atoms with E-state index in [1.165, 1.54) is 0 Å². The first-order chi connectivity index (χ1) is 11.5. The van der Waals surface area contributed by atoms with E-state index < -0.39 is 26.0 Å². The number of rotatable bonds is 12. The van der Waals surface area contributed by atoms with Gasteiger partial charge in [-0.05, 0) is 17.1 Å². The zero-order valence-corrected chi connectivity index (χ0v) is 14.5. The molecule has 0 radical (unpaired) electrons. The Hall–Kier alpha value is -1.82. The molecule has 0 heterocycles. The summed E-state index contributed by atoms with van der Waals surface area (Å²) in [7, 11) is -2.04. The number of nitrogens with one attached hydrogen (secondary N) is 1. The molecule has 2 atom stereocenters. The molecule has 24 heavy (non-hydrogen) atoms. The summed E-state index contributed by atoms with van der Waals surface area (Å²) in [5, 5.41) is 11.1. The maximum Gasteiger partial charge on any atom is 0.511 e. The highest BCUT2D eigenvalue weighted by Gasteiger charge is 2.30. The van der Waals surface area contributed by atoms with Crippen LogP contribution in [0.5, 0.6) is 0 Å². The van der Waals surface area contributed by atoms with Crippen LogP contribution in [0.25, 0.3) is 0 Å². The fourth-order valence-corrected chi connectivity index (χ4v) is 2.73. The minimum atomic E-state index is -2.04. The lowest BCUT2D eigenvalue weighted by Crippen LogP contribution is -2.38. The molecule has 0 aliphatic carbocycles. The van der Waals surface area contributed by atoms with Gasteiger partial charge < -0.3 is 15.2 Å². The first kappa shape index (κ1) is 20.2. The van der Waals surface area contributed by atoms with Crippen LogP contribution in [-0.4, -0.2) is 49.0 Å². The Morgan fingerprint density at radius 1 is 1.29 bits per heavy atom. The minimum absolute atomic E-state index is 0.00144. The standard InChI is InChI=1S/C16H22NO6P/c1-2-22-10-11-24(21)23-14(12-13-6-4-3-5-7-13)16(20)17-9-8-15(18)19/h3-7,14H,2,8-12H2,1H3,(H-,17,18,19,20)/p+1/t14-/m0/s1. The number of carbonyl (C=O) groups is 2. The van der Waals surface area contributed by atoms with E-state index in [1.807, 2.05) is 37.3 Å². The van der Waals surface area contributed by atoms with Crippen molar-refractivity contribution in [2.45, 2.75) is 25.9 Å². The van der Waals surface area contributed by atoms with Crippen LogP contribution in [0.15, 0.2) is 30.3 Å². The van der Waals surface area contributed by atoms with Crippen molar-refractivity contribution >= 4 is 19.9 Å². The third kappa shape index (κ3) is 8.72. The summed E-state index contributed by atoms with van der Waals surface area (Å²) >= 11 is 0. The van der Waals surface area contributed by atoms with Gasteiger partial charge in [-0.1, -0.05) is 30.3 Å². The minimum Gasteiger partial charge on any atom is -0.481 e. The molecule has 7 nitrogen and oxygen atoms in total. The van der Waals surface area contributed by atoms with Crippen molar-refractivity contribution in [1.82, 2.24) is 5.32 Å². The average Bonchev–Trinajstić information content (AvgIpc) is 2.55. The van der Waals surface area contributed by atoms with Gasteiger partial charge in [0, 0.05) is 19.6 Å². The normalized spacial score (nSPS) is 12.5. The number of amides is 1. The van der Waals surface area contributed by atoms with Crippen molar-refractivity contribution < 1.29 is 28.5 Å². The van der Waals surface area contributed by atoms with Gasteiger partial charge in [0.1, 0.15) is 0 Å². The molecular formula is C16H23NO6P+. The van der Waals surface area contributed by atoms with Crippen LogP contribution >= 0.6 is 8.03 Å². The lowest BCUT2D eigenvalue weighted by Gasteiger charge is -2.12. The summed E-state index contributed by atoms with van der Waals surface area (Å²) in [6, 6.07) is 9.21. The molecule has 0 aliphatic heterocycles. The molecule has 1 unspecified atom stereocenters. The summed E-state index contributed by atoms with van der Waals surface area (Å²) in [6.07, 6.45) is -0.654. The maximum atomic E-state index is 12.2. The lowest BCUT2D eigenvalue weighted by molar-refractivity contribution is -0.137. The molecule has 0 aliphatic rings. The Morgan fingerprint density at radius 2 is 2.00 bits per heavy atom. The van der Waals surface area contributed by atoms with Crippen molar-refractivity contribution in [2.24, 2.45) is 0 Å². The monoisotopic (exact) mass is 356 g/mol. The van der Waals surface area contributed by atoms with Gasteiger partial charge >= 0.3 is 14.0 Å². The Labute approximate surface area is 142 Å². The van der Waals surface area contributed by atoms with E-state index in [2.05, 4.69) is 5.32 Å². The van der Waals surface area contributed by atoms with Gasteiger partial charge in [-0.2, -0.15) is 0 Å². The number of carbonyl (C=O) groups excluding carboxylic acids is 1. The van der Waals surface area contributed by atoms with Gasteiger partial charge in [0.2, 0.25) is 6.16 Å². The summed E-state index contributed by atoms with van der Waals surface area (Å²) < 4.78 is 22.5. The largest absolute Gasteiger partial charge is 0.511 e. The van der Waals surface area contributed by atoms with E-state index in [0.717, 1.165) is 5.56 Å². The molecule has 0 aromatic heterocycles. The van der Waals surface area contributed by atoms with E-state index in [0.29, 0.717) is 13.2 Å². The highest BCUT2D eigenvalue weighted by atomic mass is 31.1. The highest BCUT2D eigenvalue weighted by Crippen LogP contribution is 2.25. The molecule has 8 heteroatoms. The summed E-state index contributed by atoms with van der Waals surface area (Å²) in [5.41, 5.74) is 0.865. The second kappa shape index (κ2) is 11.7. The topological polar surface area (TPSA) is 102 Å². The predicted octanol–water partition coefficient (Wildman–Crippen LogP) is 1.98. The first-order valence-corrected chi connectivity index (χ1v) is 9.11. The average molecular weight is 356 g/mol. The van der Waals surface area contributed by atoms with Gasteiger partial charge in [0.05, 0.1) is 13.0 Å². The molecular weight excluding hydrogens is 333 g/mol. The van der Waals surface area contributed by atoms with E-state index in [4.69, 9.17) is 14.4 Å². The number of ether oxygens (including phenoxy) is 1. The number of carboxylic acids is 1. The Kier molecular flexibility index (Phi) is 9.84. The zero-order chi connectivity index (χ0) is 17.8. The molecule has 2 N–H and O–H groups in total. The van der Waals surface area contributed by atoms with E-state index in [1.54, 1.807) is 0 Å². The zero-order valence-electron chi connectivity index (χ0n) is 13.6. The van der Waals surface area contributed by atoms with Crippen LogP contribution in [0.1, 0.15) is 18.9 Å². The highest BCUT2D eigenvalue weighted by molar-refractivity contribution is 7.39. The van der Waals surface area contributed by atoms with Crippen LogP contribution in [-0.2, 0) is 29.8 Å². The van der Waals surface area contributed by atoms with Crippen LogP contribution in [0.4, 0.5) is 0 Å². The second-order valence-electron chi connectivity index (χ2n) is 4.97. The fraction of sp³-hybridized carbons (Fsp3) is 0.500. The number of hydrogen-bond acceptors (Lipinski definition) is 5. The molecule has 1 aromatic carbocycles. The molecule has 0 spiro atoms. The fourth-order valence-electron chi connectivity index (χ4n) is 1.89. The van der Waals surface area contributed by atoms with Crippen molar-refractivity contribution in [3.8, 4) is 0 Å². The summed E-state index contributed by atoms with van der Waals surface area (Å²) in [5.74, 6) is -1.47. The quantitative estimate of drug-likeness (QED) is 0.439. The molecule has 0 bridgehead atoms. The van der Waals surface area contributed by atoms with Gasteiger partial charge in [0.15, 0.2) is 6.10 Å². The van der Waals surface area contributed by atoms with Gasteiger partial charge in [0.25, 0.3) is 5.91 Å². The summed E-state index contributed by atoms with van der Waals surface area (Å²) in [6.45, 7) is 2.65. The molecule has 1 rings (SSSR count). The Bertz CT molecular complexity index is 537. The SMILES string of the molecule is CCOCC[P+](=O)O[C@@H](Cc1ccccc1)C(=O)NCCC(=O)O. The van der Waals surface area contributed by atoms with Gasteiger partial charge in [-0.25, -0.2) is 0 Å². The molecule has 1 aromatic rings. The smallest absolute Gasteiger partial charge is 0.481 e. The van der Waals surface area contributed by atoms with Crippen LogP contribution in [0, 0.1) is 0 Å². The second-order valence-corrected chi connectivity index (χ2v) is 6.30.